The van der Waals surface area contributed by atoms with Crippen LogP contribution in [-0.4, -0.2) is 54.6 Å². The number of anilines is 2. The van der Waals surface area contributed by atoms with Gasteiger partial charge < -0.3 is 16.0 Å². The Morgan fingerprint density at radius 1 is 1.00 bits per heavy atom. The van der Waals surface area contributed by atoms with Crippen LogP contribution < -0.4 is 16.0 Å². The zero-order valence-corrected chi connectivity index (χ0v) is 18.5. The quantitative estimate of drug-likeness (QED) is 0.608. The molecule has 2 bridgehead atoms. The standard InChI is InChI=1S/C26H26FN5O/c1-31-13-20-11-19(31)14-32(20)18-5-2-15(3-6-18)22-12-23(25(28)30-24(22)27)16-4-7-21-17(10-16)8-9-29-26(21)33/h2-7,10,12,19-20H,8-9,11,13-14H2,1H3,(H2,28,30)(H,29,33)/t19-,20-/m0/s1. The highest BCUT2D eigenvalue weighted by molar-refractivity contribution is 5.97. The Balaban J connectivity index is 1.33. The van der Waals surface area contributed by atoms with Crippen LogP contribution in [0.1, 0.15) is 22.3 Å². The molecule has 0 aliphatic carbocycles. The third-order valence-electron chi connectivity index (χ3n) is 7.37. The summed E-state index contributed by atoms with van der Waals surface area (Å²) in [7, 11) is 2.19. The molecule has 3 N–H and O–H groups in total. The van der Waals surface area contributed by atoms with Crippen LogP contribution >= 0.6 is 0 Å². The number of nitrogens with one attached hydrogen (secondary N) is 1. The highest BCUT2D eigenvalue weighted by atomic mass is 19.1. The molecule has 1 aromatic heterocycles. The predicted octanol–water partition coefficient (Wildman–Crippen LogP) is 3.32. The molecule has 168 valence electrons. The van der Waals surface area contributed by atoms with Gasteiger partial charge in [-0.2, -0.15) is 4.39 Å². The number of halogens is 1. The highest BCUT2D eigenvalue weighted by Crippen LogP contribution is 2.36. The fraction of sp³-hybridized carbons (Fsp3) is 0.308. The lowest BCUT2D eigenvalue weighted by Crippen LogP contribution is -2.44. The number of likely N-dealkylation sites (tertiary alicyclic amines) is 1. The Morgan fingerprint density at radius 3 is 2.52 bits per heavy atom. The summed E-state index contributed by atoms with van der Waals surface area (Å²) in [6.07, 6.45) is 1.96. The molecule has 4 heterocycles. The van der Waals surface area contributed by atoms with E-state index in [1.165, 1.54) is 12.1 Å². The molecule has 2 atom stereocenters. The van der Waals surface area contributed by atoms with Gasteiger partial charge in [0, 0.05) is 54.1 Å². The summed E-state index contributed by atoms with van der Waals surface area (Å²) in [5.41, 5.74) is 11.6. The molecule has 3 aliphatic rings. The molecule has 0 radical (unpaired) electrons. The third-order valence-corrected chi connectivity index (χ3v) is 7.37. The van der Waals surface area contributed by atoms with Crippen LogP contribution in [0.25, 0.3) is 22.3 Å². The lowest BCUT2D eigenvalue weighted by atomic mass is 9.94. The topological polar surface area (TPSA) is 74.5 Å². The number of amides is 1. The van der Waals surface area contributed by atoms with Crippen LogP contribution in [0.4, 0.5) is 15.9 Å². The van der Waals surface area contributed by atoms with Crippen molar-refractivity contribution < 1.29 is 9.18 Å². The average molecular weight is 444 g/mol. The van der Waals surface area contributed by atoms with E-state index in [1.807, 2.05) is 24.3 Å². The number of piperazine rings is 1. The number of nitrogen functional groups attached to an aromatic ring is 1. The van der Waals surface area contributed by atoms with Gasteiger partial charge in [0.15, 0.2) is 0 Å². The molecular formula is C26H26FN5O. The normalized spacial score (nSPS) is 21.9. The molecule has 1 amide bonds. The van der Waals surface area contributed by atoms with E-state index in [-0.39, 0.29) is 11.7 Å². The molecule has 33 heavy (non-hydrogen) atoms. The number of carbonyl (C=O) groups excluding carboxylic acids is 1. The smallest absolute Gasteiger partial charge is 0.251 e. The second-order valence-corrected chi connectivity index (χ2v) is 9.32. The Labute approximate surface area is 192 Å². The summed E-state index contributed by atoms with van der Waals surface area (Å²) in [4.78, 5) is 21.0. The summed E-state index contributed by atoms with van der Waals surface area (Å²) in [6.45, 7) is 2.74. The maximum Gasteiger partial charge on any atom is 0.251 e. The average Bonchev–Trinajstić information content (AvgIpc) is 3.39. The van der Waals surface area contributed by atoms with Crippen molar-refractivity contribution in [2.24, 2.45) is 0 Å². The van der Waals surface area contributed by atoms with E-state index in [0.29, 0.717) is 35.3 Å². The van der Waals surface area contributed by atoms with Crippen LogP contribution in [0.3, 0.4) is 0 Å². The first-order chi connectivity index (χ1) is 16.0. The van der Waals surface area contributed by atoms with Crippen molar-refractivity contribution in [2.75, 3.05) is 37.3 Å². The lowest BCUT2D eigenvalue weighted by Gasteiger charge is -2.33. The number of pyridine rings is 1. The fourth-order valence-electron chi connectivity index (χ4n) is 5.55. The molecule has 0 unspecified atom stereocenters. The van der Waals surface area contributed by atoms with E-state index in [2.05, 4.69) is 39.3 Å². The minimum Gasteiger partial charge on any atom is -0.383 e. The molecule has 6 rings (SSSR count). The van der Waals surface area contributed by atoms with Gasteiger partial charge in [-0.3, -0.25) is 9.69 Å². The zero-order valence-electron chi connectivity index (χ0n) is 18.5. The second kappa shape index (κ2) is 7.56. The molecule has 3 aliphatic heterocycles. The summed E-state index contributed by atoms with van der Waals surface area (Å²) in [5, 5.41) is 2.85. The molecular weight excluding hydrogens is 417 g/mol. The number of nitrogens with zero attached hydrogens (tertiary/aromatic N) is 3. The number of aromatic nitrogens is 1. The van der Waals surface area contributed by atoms with Crippen LogP contribution in [0, 0.1) is 5.95 Å². The van der Waals surface area contributed by atoms with Crippen LogP contribution in [0.15, 0.2) is 48.5 Å². The number of rotatable bonds is 3. The maximum absolute atomic E-state index is 14.9. The number of carbonyl (C=O) groups is 1. The molecule has 2 saturated heterocycles. The van der Waals surface area contributed by atoms with E-state index < -0.39 is 5.95 Å². The SMILES string of the molecule is CN1C[C@@H]2C[C@H]1CN2c1ccc(-c2cc(-c3ccc4c(c3)CCNC4=O)c(N)nc2F)cc1. The van der Waals surface area contributed by atoms with Crippen molar-refractivity contribution in [3.05, 3.63) is 65.6 Å². The van der Waals surface area contributed by atoms with Crippen LogP contribution in [-0.2, 0) is 6.42 Å². The fourth-order valence-corrected chi connectivity index (χ4v) is 5.55. The molecule has 3 aromatic rings. The number of likely N-dealkylation sites (N-methyl/N-ethyl adjacent to an activating group) is 1. The molecule has 0 spiro atoms. The van der Waals surface area contributed by atoms with Gasteiger partial charge in [-0.1, -0.05) is 24.3 Å². The third kappa shape index (κ3) is 3.35. The minimum absolute atomic E-state index is 0.0633. The molecule has 0 saturated carbocycles. The number of fused-ring (bicyclic) bond motifs is 3. The maximum atomic E-state index is 14.9. The highest BCUT2D eigenvalue weighted by Gasteiger charge is 2.41. The van der Waals surface area contributed by atoms with Crippen molar-refractivity contribution in [3.8, 4) is 22.3 Å². The second-order valence-electron chi connectivity index (χ2n) is 9.32. The Kier molecular flexibility index (Phi) is 4.62. The van der Waals surface area contributed by atoms with Crippen LogP contribution in [0.5, 0.6) is 0 Å². The molecule has 6 nitrogen and oxygen atoms in total. The van der Waals surface area contributed by atoms with Crippen molar-refractivity contribution in [3.63, 3.8) is 0 Å². The number of nitrogens with two attached hydrogens (primary N) is 1. The first-order valence-electron chi connectivity index (χ1n) is 11.4. The molecule has 7 heteroatoms. The summed E-state index contributed by atoms with van der Waals surface area (Å²) >= 11 is 0. The largest absolute Gasteiger partial charge is 0.383 e. The number of benzene rings is 2. The van der Waals surface area contributed by atoms with Gasteiger partial charge in [-0.05, 0) is 60.8 Å². The van der Waals surface area contributed by atoms with E-state index in [4.69, 9.17) is 5.73 Å². The van der Waals surface area contributed by atoms with Crippen molar-refractivity contribution in [1.29, 1.82) is 0 Å². The van der Waals surface area contributed by atoms with E-state index >= 15 is 0 Å². The molecule has 2 aromatic carbocycles. The summed E-state index contributed by atoms with van der Waals surface area (Å²) < 4.78 is 14.9. The Bertz CT molecular complexity index is 1260. The van der Waals surface area contributed by atoms with Gasteiger partial charge in [-0.25, -0.2) is 4.98 Å². The predicted molar refractivity (Wildman–Crippen MR) is 128 cm³/mol. The van der Waals surface area contributed by atoms with Gasteiger partial charge in [0.1, 0.15) is 5.82 Å². The zero-order chi connectivity index (χ0) is 22.7. The first kappa shape index (κ1) is 20.2. The monoisotopic (exact) mass is 443 g/mol. The van der Waals surface area contributed by atoms with Crippen molar-refractivity contribution in [2.45, 2.75) is 24.9 Å². The minimum atomic E-state index is -0.580. The van der Waals surface area contributed by atoms with Gasteiger partial charge in [0.25, 0.3) is 5.91 Å². The summed E-state index contributed by atoms with van der Waals surface area (Å²) in [6, 6.07) is 16.6. The van der Waals surface area contributed by atoms with Gasteiger partial charge in [0.2, 0.25) is 5.95 Å². The van der Waals surface area contributed by atoms with E-state index in [1.54, 1.807) is 12.1 Å². The first-order valence-corrected chi connectivity index (χ1v) is 11.4. The number of hydrogen-bond acceptors (Lipinski definition) is 5. The van der Waals surface area contributed by atoms with E-state index in [0.717, 1.165) is 36.2 Å². The van der Waals surface area contributed by atoms with Gasteiger partial charge >= 0.3 is 0 Å². The van der Waals surface area contributed by atoms with Crippen molar-refractivity contribution >= 4 is 17.4 Å². The van der Waals surface area contributed by atoms with Gasteiger partial charge in [0.05, 0.1) is 0 Å². The van der Waals surface area contributed by atoms with Crippen molar-refractivity contribution in [1.82, 2.24) is 15.2 Å². The lowest BCUT2D eigenvalue weighted by molar-refractivity contribution is 0.0946. The summed E-state index contributed by atoms with van der Waals surface area (Å²) in [5.74, 6) is -0.500. The van der Waals surface area contributed by atoms with E-state index in [9.17, 15) is 9.18 Å². The van der Waals surface area contributed by atoms with Gasteiger partial charge in [-0.15, -0.1) is 0 Å². The molecule has 2 fully saturated rings. The Morgan fingerprint density at radius 2 is 1.79 bits per heavy atom. The number of hydrogen-bond donors (Lipinski definition) is 2. The Hall–Kier alpha value is -3.45. The van der Waals surface area contributed by atoms with Crippen LogP contribution in [0.2, 0.25) is 0 Å².